The van der Waals surface area contributed by atoms with Crippen LogP contribution in [-0.4, -0.2) is 40.4 Å². The molecule has 1 amide bonds. The van der Waals surface area contributed by atoms with Crippen molar-refractivity contribution in [3.8, 4) is 0 Å². The number of aromatic amines is 2. The average molecular weight is 286 g/mol. The van der Waals surface area contributed by atoms with E-state index in [1.54, 1.807) is 0 Å². The molecule has 0 aliphatic carbocycles. The van der Waals surface area contributed by atoms with Gasteiger partial charge in [0.15, 0.2) is 0 Å². The molecule has 0 spiro atoms. The first-order valence-corrected chi connectivity index (χ1v) is 6.96. The molecule has 1 aliphatic rings. The fraction of sp³-hybridized carbons (Fsp3) is 0.333. The topological polar surface area (TPSA) is 81.0 Å². The van der Waals surface area contributed by atoms with Gasteiger partial charge < -0.3 is 15.3 Å². The van der Waals surface area contributed by atoms with Gasteiger partial charge in [-0.2, -0.15) is 0 Å². The van der Waals surface area contributed by atoms with E-state index in [4.69, 9.17) is 0 Å². The quantitative estimate of drug-likeness (QED) is 0.768. The molecule has 0 saturated heterocycles. The van der Waals surface area contributed by atoms with Crippen molar-refractivity contribution in [1.29, 1.82) is 0 Å². The Morgan fingerprint density at radius 3 is 2.86 bits per heavy atom. The van der Waals surface area contributed by atoms with Gasteiger partial charge in [0, 0.05) is 25.3 Å². The first-order valence-electron chi connectivity index (χ1n) is 6.96. The fourth-order valence-corrected chi connectivity index (χ4v) is 2.71. The second-order valence-electron chi connectivity index (χ2n) is 5.41. The second-order valence-corrected chi connectivity index (χ2v) is 5.41. The van der Waals surface area contributed by atoms with Crippen molar-refractivity contribution in [3.63, 3.8) is 0 Å². The van der Waals surface area contributed by atoms with Gasteiger partial charge in [0.25, 0.3) is 5.91 Å². The van der Waals surface area contributed by atoms with Crippen LogP contribution in [0.4, 0.5) is 0 Å². The van der Waals surface area contributed by atoms with Crippen molar-refractivity contribution < 1.29 is 4.79 Å². The summed E-state index contributed by atoms with van der Waals surface area (Å²) in [5.74, 6) is -0.263. The second kappa shape index (κ2) is 5.57. The highest BCUT2D eigenvalue weighted by Crippen LogP contribution is 2.21. The number of rotatable bonds is 3. The Balaban J connectivity index is 1.63. The van der Waals surface area contributed by atoms with Crippen molar-refractivity contribution in [2.75, 3.05) is 13.6 Å². The van der Waals surface area contributed by atoms with Crippen LogP contribution in [0, 0.1) is 0 Å². The van der Waals surface area contributed by atoms with Crippen LogP contribution in [0.2, 0.25) is 0 Å². The summed E-state index contributed by atoms with van der Waals surface area (Å²) in [6, 6.07) is 8.64. The summed E-state index contributed by atoms with van der Waals surface area (Å²) >= 11 is 0. The number of carbonyl (C=O) groups is 1. The van der Waals surface area contributed by atoms with Crippen molar-refractivity contribution in [2.45, 2.75) is 19.0 Å². The minimum Gasteiger partial charge on any atom is -0.349 e. The first kappa shape index (κ1) is 13.6. The molecule has 3 N–H and O–H groups in total. The predicted molar refractivity (Wildman–Crippen MR) is 79.1 cm³/mol. The Hall–Kier alpha value is -2.34. The molecule has 1 aliphatic heterocycles. The zero-order valence-corrected chi connectivity index (χ0v) is 11.8. The summed E-state index contributed by atoms with van der Waals surface area (Å²) < 4.78 is 0. The number of carbonyl (C=O) groups excluding carboxylic acids is 1. The normalized spacial score (nSPS) is 18.2. The lowest BCUT2D eigenvalue weighted by Crippen LogP contribution is -2.45. The van der Waals surface area contributed by atoms with Gasteiger partial charge in [0.1, 0.15) is 5.69 Å². The third kappa shape index (κ3) is 2.90. The molecule has 110 valence electrons. The van der Waals surface area contributed by atoms with Gasteiger partial charge in [0.05, 0.1) is 0 Å². The number of hydrogen-bond donors (Lipinski definition) is 3. The van der Waals surface area contributed by atoms with Crippen LogP contribution < -0.4 is 11.0 Å². The van der Waals surface area contributed by atoms with Gasteiger partial charge >= 0.3 is 5.69 Å². The summed E-state index contributed by atoms with van der Waals surface area (Å²) in [6.45, 7) is 1.44. The highest BCUT2D eigenvalue weighted by Gasteiger charge is 2.23. The predicted octanol–water partition coefficient (Wildman–Crippen LogP) is 0.489. The molecule has 2 heterocycles. The molecular formula is C15H18N4O2. The molecule has 6 nitrogen and oxygen atoms in total. The first-order chi connectivity index (χ1) is 10.1. The summed E-state index contributed by atoms with van der Waals surface area (Å²) in [7, 11) is 2.06. The SMILES string of the molecule is CN1Cc2ccccc2C[C@@H]1CNC(=O)c1c[nH]c(=O)[nH]1. The molecule has 6 heteroatoms. The van der Waals surface area contributed by atoms with Crippen LogP contribution in [0.5, 0.6) is 0 Å². The van der Waals surface area contributed by atoms with Crippen LogP contribution in [0.15, 0.2) is 35.3 Å². The Bertz CT molecular complexity index is 703. The van der Waals surface area contributed by atoms with Gasteiger partial charge in [-0.05, 0) is 24.6 Å². The number of aromatic nitrogens is 2. The van der Waals surface area contributed by atoms with E-state index >= 15 is 0 Å². The minimum absolute atomic E-state index is 0.259. The number of likely N-dealkylation sites (N-methyl/N-ethyl adjacent to an activating group) is 1. The van der Waals surface area contributed by atoms with Crippen LogP contribution in [0.1, 0.15) is 21.6 Å². The molecule has 0 bridgehead atoms. The van der Waals surface area contributed by atoms with E-state index < -0.39 is 0 Å². The zero-order chi connectivity index (χ0) is 14.8. The lowest BCUT2D eigenvalue weighted by molar-refractivity contribution is 0.0930. The molecular weight excluding hydrogens is 268 g/mol. The number of benzene rings is 1. The molecule has 0 radical (unpaired) electrons. The third-order valence-electron chi connectivity index (χ3n) is 3.96. The zero-order valence-electron chi connectivity index (χ0n) is 11.8. The Kier molecular flexibility index (Phi) is 3.62. The van der Waals surface area contributed by atoms with Crippen LogP contribution in [0.25, 0.3) is 0 Å². The number of nitrogens with one attached hydrogen (secondary N) is 3. The summed E-state index contributed by atoms with van der Waals surface area (Å²) in [4.78, 5) is 30.0. The number of amides is 1. The van der Waals surface area contributed by atoms with Gasteiger partial charge in [-0.3, -0.25) is 9.69 Å². The molecule has 1 aromatic carbocycles. The molecule has 2 aromatic rings. The summed E-state index contributed by atoms with van der Waals surface area (Å²) in [5, 5.41) is 2.87. The van der Waals surface area contributed by atoms with E-state index in [1.165, 1.54) is 17.3 Å². The molecule has 1 atom stereocenters. The Morgan fingerprint density at radius 2 is 2.14 bits per heavy atom. The van der Waals surface area contributed by atoms with Gasteiger partial charge in [-0.25, -0.2) is 4.79 Å². The maximum absolute atomic E-state index is 11.9. The monoisotopic (exact) mass is 286 g/mol. The highest BCUT2D eigenvalue weighted by molar-refractivity contribution is 5.91. The van der Waals surface area contributed by atoms with Gasteiger partial charge in [0.2, 0.25) is 0 Å². The maximum atomic E-state index is 11.9. The van der Waals surface area contributed by atoms with Gasteiger partial charge in [-0.15, -0.1) is 0 Å². The van der Waals surface area contributed by atoms with E-state index in [0.29, 0.717) is 6.54 Å². The smallest absolute Gasteiger partial charge is 0.323 e. The molecule has 1 aromatic heterocycles. The Labute approximate surface area is 122 Å². The fourth-order valence-electron chi connectivity index (χ4n) is 2.71. The molecule has 3 rings (SSSR count). The van der Waals surface area contributed by atoms with Crippen molar-refractivity contribution in [1.82, 2.24) is 20.2 Å². The largest absolute Gasteiger partial charge is 0.349 e. The van der Waals surface area contributed by atoms with Crippen LogP contribution in [-0.2, 0) is 13.0 Å². The summed E-state index contributed by atoms with van der Waals surface area (Å²) in [6.07, 6.45) is 2.30. The Morgan fingerprint density at radius 1 is 1.38 bits per heavy atom. The molecule has 0 saturated carbocycles. The number of H-pyrrole nitrogens is 2. The van der Waals surface area contributed by atoms with E-state index in [9.17, 15) is 9.59 Å². The van der Waals surface area contributed by atoms with E-state index in [-0.39, 0.29) is 23.3 Å². The van der Waals surface area contributed by atoms with Crippen LogP contribution in [0.3, 0.4) is 0 Å². The van der Waals surface area contributed by atoms with Gasteiger partial charge in [-0.1, -0.05) is 24.3 Å². The van der Waals surface area contributed by atoms with Crippen LogP contribution >= 0.6 is 0 Å². The number of imidazole rings is 1. The molecule has 21 heavy (non-hydrogen) atoms. The standard InChI is InChI=1S/C15H18N4O2/c1-19-9-11-5-3-2-4-10(11)6-12(19)7-16-14(20)13-8-17-15(21)18-13/h2-5,8,12H,6-7,9H2,1H3,(H,16,20)(H2,17,18,21)/t12-/m1/s1. The number of nitrogens with zero attached hydrogens (tertiary/aromatic N) is 1. The lowest BCUT2D eigenvalue weighted by Gasteiger charge is -2.34. The van der Waals surface area contributed by atoms with E-state index in [1.807, 2.05) is 6.07 Å². The molecule has 0 unspecified atom stereocenters. The van der Waals surface area contributed by atoms with E-state index in [0.717, 1.165) is 13.0 Å². The number of hydrogen-bond acceptors (Lipinski definition) is 3. The third-order valence-corrected chi connectivity index (χ3v) is 3.96. The minimum atomic E-state index is -0.371. The van der Waals surface area contributed by atoms with Crippen molar-refractivity contribution >= 4 is 5.91 Å². The molecule has 0 fully saturated rings. The van der Waals surface area contributed by atoms with Crippen molar-refractivity contribution in [3.05, 3.63) is 57.8 Å². The average Bonchev–Trinajstić information content (AvgIpc) is 2.91. The highest BCUT2D eigenvalue weighted by atomic mass is 16.2. The maximum Gasteiger partial charge on any atom is 0.323 e. The summed E-state index contributed by atoms with van der Waals surface area (Å²) in [5.41, 5.74) is 2.57. The lowest BCUT2D eigenvalue weighted by atomic mass is 9.94. The van der Waals surface area contributed by atoms with E-state index in [2.05, 4.69) is 45.4 Å². The van der Waals surface area contributed by atoms with Crippen molar-refractivity contribution in [2.24, 2.45) is 0 Å². The number of fused-ring (bicyclic) bond motifs is 1.